The van der Waals surface area contributed by atoms with Gasteiger partial charge in [0.05, 0.1) is 0 Å². The summed E-state index contributed by atoms with van der Waals surface area (Å²) < 4.78 is 0. The molecule has 19 heavy (non-hydrogen) atoms. The number of halogens is 2. The minimum atomic E-state index is 0.136. The molecule has 2 nitrogen and oxygen atoms in total. The van der Waals surface area contributed by atoms with E-state index in [9.17, 15) is 4.79 Å². The van der Waals surface area contributed by atoms with E-state index < -0.39 is 0 Å². The highest BCUT2D eigenvalue weighted by Crippen LogP contribution is 2.26. The Bertz CT molecular complexity index is 463. The average molecular weight is 345 g/mol. The number of carbonyl (C=O) groups excluding carboxylic acids is 1. The van der Waals surface area contributed by atoms with Crippen LogP contribution in [0.3, 0.4) is 0 Å². The van der Waals surface area contributed by atoms with Crippen molar-refractivity contribution in [1.82, 2.24) is 4.90 Å². The zero-order valence-electron chi connectivity index (χ0n) is 11.2. The number of nitrogens with zero attached hydrogens (tertiary/aromatic N) is 1. The quantitative estimate of drug-likeness (QED) is 0.740. The Kier molecular flexibility index (Phi) is 5.28. The van der Waals surface area contributed by atoms with E-state index in [1.165, 1.54) is 0 Å². The topological polar surface area (TPSA) is 20.3 Å². The van der Waals surface area contributed by atoms with Crippen LogP contribution in [0.2, 0.25) is 5.02 Å². The second kappa shape index (κ2) is 6.76. The minimum absolute atomic E-state index is 0.136. The molecular weight excluding hydrogens is 326 g/mol. The number of hydrogen-bond donors (Lipinski definition) is 0. The van der Waals surface area contributed by atoms with Crippen LogP contribution in [0.1, 0.15) is 41.6 Å². The molecule has 2 rings (SSSR count). The molecule has 0 bridgehead atoms. The van der Waals surface area contributed by atoms with Crippen molar-refractivity contribution in [2.45, 2.75) is 38.6 Å². The Morgan fingerprint density at radius 2 is 2.32 bits per heavy atom. The predicted molar refractivity (Wildman–Crippen MR) is 83.3 cm³/mol. The first-order chi connectivity index (χ1) is 9.15. The van der Waals surface area contributed by atoms with Crippen molar-refractivity contribution in [1.29, 1.82) is 0 Å². The average Bonchev–Trinajstić information content (AvgIpc) is 2.87. The number of likely N-dealkylation sites (tertiary alicyclic amines) is 1. The van der Waals surface area contributed by atoms with Gasteiger partial charge in [0.15, 0.2) is 0 Å². The molecule has 0 aliphatic carbocycles. The lowest BCUT2D eigenvalue weighted by Gasteiger charge is -2.25. The third-order valence-electron chi connectivity index (χ3n) is 3.81. The summed E-state index contributed by atoms with van der Waals surface area (Å²) in [6.45, 7) is 2.79. The molecule has 1 atom stereocenters. The van der Waals surface area contributed by atoms with Gasteiger partial charge >= 0.3 is 0 Å². The molecule has 1 fully saturated rings. The number of amides is 1. The molecule has 0 saturated carbocycles. The zero-order valence-corrected chi connectivity index (χ0v) is 13.5. The molecule has 1 amide bonds. The maximum Gasteiger partial charge on any atom is 0.254 e. The summed E-state index contributed by atoms with van der Waals surface area (Å²) in [5.74, 6) is 0.136. The monoisotopic (exact) mass is 343 g/mol. The van der Waals surface area contributed by atoms with Crippen molar-refractivity contribution >= 4 is 33.4 Å². The van der Waals surface area contributed by atoms with E-state index in [1.807, 2.05) is 30.0 Å². The summed E-state index contributed by atoms with van der Waals surface area (Å²) >= 11 is 9.57. The van der Waals surface area contributed by atoms with E-state index in [1.54, 1.807) is 0 Å². The SMILES string of the molecule is Cc1c(Cl)cccc1C(=O)N1CCCC1CCCBr. The molecule has 0 aromatic heterocycles. The molecule has 1 unspecified atom stereocenters. The third-order valence-corrected chi connectivity index (χ3v) is 4.78. The van der Waals surface area contributed by atoms with Gasteiger partial charge in [-0.1, -0.05) is 33.6 Å². The normalized spacial score (nSPS) is 18.9. The second-order valence-corrected chi connectivity index (χ2v) is 6.24. The molecular formula is C15H19BrClNO. The highest BCUT2D eigenvalue weighted by atomic mass is 79.9. The number of hydrogen-bond acceptors (Lipinski definition) is 1. The molecule has 4 heteroatoms. The van der Waals surface area contributed by atoms with Crippen LogP contribution in [-0.4, -0.2) is 28.7 Å². The first kappa shape index (κ1) is 14.9. The lowest BCUT2D eigenvalue weighted by atomic mass is 10.1. The maximum absolute atomic E-state index is 12.6. The summed E-state index contributed by atoms with van der Waals surface area (Å²) in [7, 11) is 0. The van der Waals surface area contributed by atoms with Gasteiger partial charge in [0.25, 0.3) is 5.91 Å². The Morgan fingerprint density at radius 1 is 1.53 bits per heavy atom. The van der Waals surface area contributed by atoms with Crippen LogP contribution < -0.4 is 0 Å². The Hall–Kier alpha value is -0.540. The molecule has 104 valence electrons. The van der Waals surface area contributed by atoms with Gasteiger partial charge in [-0.05, 0) is 50.3 Å². The number of alkyl halides is 1. The van der Waals surface area contributed by atoms with Gasteiger partial charge in [-0.2, -0.15) is 0 Å². The molecule has 1 aliphatic rings. The summed E-state index contributed by atoms with van der Waals surface area (Å²) in [4.78, 5) is 14.7. The van der Waals surface area contributed by atoms with Crippen LogP contribution >= 0.6 is 27.5 Å². The summed E-state index contributed by atoms with van der Waals surface area (Å²) in [5.41, 5.74) is 1.64. The fourth-order valence-electron chi connectivity index (χ4n) is 2.71. The largest absolute Gasteiger partial charge is 0.336 e. The van der Waals surface area contributed by atoms with E-state index in [4.69, 9.17) is 11.6 Å². The van der Waals surface area contributed by atoms with E-state index >= 15 is 0 Å². The number of carbonyl (C=O) groups is 1. The van der Waals surface area contributed by atoms with Crippen molar-refractivity contribution in [2.75, 3.05) is 11.9 Å². The van der Waals surface area contributed by atoms with Crippen molar-refractivity contribution in [3.8, 4) is 0 Å². The first-order valence-corrected chi connectivity index (χ1v) is 8.27. The highest BCUT2D eigenvalue weighted by Gasteiger charge is 2.29. The van der Waals surface area contributed by atoms with Gasteiger partial charge in [-0.3, -0.25) is 4.79 Å². The molecule has 1 saturated heterocycles. The van der Waals surface area contributed by atoms with Crippen molar-refractivity contribution in [3.05, 3.63) is 34.3 Å². The second-order valence-electron chi connectivity index (χ2n) is 5.04. The smallest absolute Gasteiger partial charge is 0.254 e. The van der Waals surface area contributed by atoms with Gasteiger partial charge in [0.2, 0.25) is 0 Å². The summed E-state index contributed by atoms with van der Waals surface area (Å²) in [6, 6.07) is 5.96. The molecule has 0 radical (unpaired) electrons. The molecule has 1 aromatic rings. The van der Waals surface area contributed by atoms with Crippen LogP contribution in [0.5, 0.6) is 0 Å². The molecule has 1 aromatic carbocycles. The Morgan fingerprint density at radius 3 is 3.05 bits per heavy atom. The van der Waals surface area contributed by atoms with Crippen molar-refractivity contribution < 1.29 is 4.79 Å². The van der Waals surface area contributed by atoms with Crippen LogP contribution in [0, 0.1) is 6.92 Å². The molecule has 1 aliphatic heterocycles. The van der Waals surface area contributed by atoms with E-state index in [2.05, 4.69) is 15.9 Å². The highest BCUT2D eigenvalue weighted by molar-refractivity contribution is 9.09. The van der Waals surface area contributed by atoms with Crippen LogP contribution in [-0.2, 0) is 0 Å². The minimum Gasteiger partial charge on any atom is -0.336 e. The summed E-state index contributed by atoms with van der Waals surface area (Å²) in [5, 5.41) is 1.67. The Balaban J connectivity index is 2.16. The van der Waals surface area contributed by atoms with E-state index in [-0.39, 0.29) is 5.91 Å². The van der Waals surface area contributed by atoms with Gasteiger partial charge in [0, 0.05) is 28.5 Å². The summed E-state index contributed by atoms with van der Waals surface area (Å²) in [6.07, 6.45) is 4.43. The lowest BCUT2D eigenvalue weighted by Crippen LogP contribution is -2.36. The number of rotatable bonds is 4. The third kappa shape index (κ3) is 3.32. The van der Waals surface area contributed by atoms with Crippen molar-refractivity contribution in [2.24, 2.45) is 0 Å². The van der Waals surface area contributed by atoms with E-state index in [0.29, 0.717) is 11.1 Å². The fraction of sp³-hybridized carbons (Fsp3) is 0.533. The van der Waals surface area contributed by atoms with Crippen molar-refractivity contribution in [3.63, 3.8) is 0 Å². The van der Waals surface area contributed by atoms with Gasteiger partial charge < -0.3 is 4.90 Å². The molecule has 0 N–H and O–H groups in total. The molecule has 1 heterocycles. The zero-order chi connectivity index (χ0) is 13.8. The van der Waals surface area contributed by atoms with Gasteiger partial charge in [-0.15, -0.1) is 0 Å². The van der Waals surface area contributed by atoms with Crippen LogP contribution in [0.15, 0.2) is 18.2 Å². The molecule has 0 spiro atoms. The first-order valence-electron chi connectivity index (χ1n) is 6.77. The number of benzene rings is 1. The predicted octanol–water partition coefficient (Wildman–Crippen LogP) is 4.43. The van der Waals surface area contributed by atoms with Gasteiger partial charge in [0.1, 0.15) is 0 Å². The maximum atomic E-state index is 12.6. The van der Waals surface area contributed by atoms with E-state index in [0.717, 1.165) is 48.7 Å². The lowest BCUT2D eigenvalue weighted by molar-refractivity contribution is 0.0729. The Labute approximate surface area is 128 Å². The van der Waals surface area contributed by atoms with Gasteiger partial charge in [-0.25, -0.2) is 0 Å². The standard InChI is InChI=1S/C15H19BrClNO/c1-11-13(7-2-8-14(11)17)15(19)18-10-4-6-12(18)5-3-9-16/h2,7-8,12H,3-6,9-10H2,1H3. The van der Waals surface area contributed by atoms with Crippen LogP contribution in [0.4, 0.5) is 0 Å². The fourth-order valence-corrected chi connectivity index (χ4v) is 3.21. The van der Waals surface area contributed by atoms with Crippen LogP contribution in [0.25, 0.3) is 0 Å².